The molecule has 0 atom stereocenters. The zero-order valence-electron chi connectivity index (χ0n) is 7.19. The Hall–Kier alpha value is -1.84. The summed E-state index contributed by atoms with van der Waals surface area (Å²) in [5.41, 5.74) is 8.14. The fraction of sp³-hybridized carbons (Fsp3) is 0.111. The van der Waals surface area contributed by atoms with E-state index in [-0.39, 0.29) is 0 Å². The fourth-order valence-electron chi connectivity index (χ4n) is 1.13. The first kappa shape index (κ1) is 7.79. The number of nitrogens with two attached hydrogens (primary N) is 1. The van der Waals surface area contributed by atoms with E-state index in [0.29, 0.717) is 5.88 Å². The van der Waals surface area contributed by atoms with Gasteiger partial charge in [0.05, 0.1) is 0 Å². The first-order valence-corrected chi connectivity index (χ1v) is 3.91. The molecule has 4 heteroatoms. The lowest BCUT2D eigenvalue weighted by Gasteiger charge is -1.94. The van der Waals surface area contributed by atoms with Crippen molar-refractivity contribution in [3.63, 3.8) is 0 Å². The molecule has 0 bridgehead atoms. The second kappa shape index (κ2) is 2.90. The fourth-order valence-corrected chi connectivity index (χ4v) is 1.13. The molecule has 0 radical (unpaired) electrons. The van der Waals surface area contributed by atoms with Gasteiger partial charge in [-0.05, 0) is 19.1 Å². The van der Waals surface area contributed by atoms with E-state index >= 15 is 0 Å². The summed E-state index contributed by atoms with van der Waals surface area (Å²) in [5, 5.41) is 3.86. The van der Waals surface area contributed by atoms with Crippen LogP contribution >= 0.6 is 0 Å². The van der Waals surface area contributed by atoms with Gasteiger partial charge in [0.25, 0.3) is 0 Å². The third kappa shape index (κ3) is 1.26. The van der Waals surface area contributed by atoms with Crippen LogP contribution in [0.1, 0.15) is 5.56 Å². The molecule has 0 aliphatic carbocycles. The van der Waals surface area contributed by atoms with Crippen LogP contribution in [0.15, 0.2) is 29.0 Å². The molecule has 0 aliphatic rings. The molecule has 2 N–H and O–H groups in total. The Bertz CT molecular complexity index is 408. The number of aromatic nitrogens is 2. The quantitative estimate of drug-likeness (QED) is 0.715. The maximum absolute atomic E-state index is 5.53. The first-order valence-electron chi connectivity index (χ1n) is 3.91. The molecule has 2 aromatic rings. The maximum atomic E-state index is 5.53. The largest absolute Gasteiger partial charge is 0.367 e. The molecule has 2 aromatic heterocycles. The summed E-state index contributed by atoms with van der Waals surface area (Å²) in [6.07, 6.45) is 3.42. The van der Waals surface area contributed by atoms with Crippen LogP contribution in [0, 0.1) is 6.92 Å². The molecule has 13 heavy (non-hydrogen) atoms. The molecule has 2 heterocycles. The van der Waals surface area contributed by atoms with E-state index in [1.54, 1.807) is 12.4 Å². The summed E-state index contributed by atoms with van der Waals surface area (Å²) in [4.78, 5) is 3.92. The van der Waals surface area contributed by atoms with Gasteiger partial charge in [0.2, 0.25) is 5.88 Å². The molecule has 0 unspecified atom stereocenters. The van der Waals surface area contributed by atoms with Crippen LogP contribution in [0.3, 0.4) is 0 Å². The smallest absolute Gasteiger partial charge is 0.225 e. The van der Waals surface area contributed by atoms with Crippen LogP contribution in [0.25, 0.3) is 11.3 Å². The minimum atomic E-state index is 0.367. The lowest BCUT2D eigenvalue weighted by atomic mass is 10.1. The van der Waals surface area contributed by atoms with Crippen molar-refractivity contribution in [2.45, 2.75) is 6.92 Å². The molecule has 66 valence electrons. The topological polar surface area (TPSA) is 64.9 Å². The van der Waals surface area contributed by atoms with Gasteiger partial charge >= 0.3 is 0 Å². The Labute approximate surface area is 75.4 Å². The second-order valence-corrected chi connectivity index (χ2v) is 2.76. The molecule has 0 amide bonds. The van der Waals surface area contributed by atoms with Gasteiger partial charge in [-0.25, -0.2) is 0 Å². The van der Waals surface area contributed by atoms with Gasteiger partial charge in [0.1, 0.15) is 5.69 Å². The Kier molecular flexibility index (Phi) is 1.73. The van der Waals surface area contributed by atoms with Crippen molar-refractivity contribution < 1.29 is 4.52 Å². The van der Waals surface area contributed by atoms with Gasteiger partial charge in [0.15, 0.2) is 0 Å². The number of rotatable bonds is 1. The summed E-state index contributed by atoms with van der Waals surface area (Å²) in [6, 6.07) is 3.73. The highest BCUT2D eigenvalue weighted by molar-refractivity contribution is 5.65. The van der Waals surface area contributed by atoms with Gasteiger partial charge in [-0.15, -0.1) is 0 Å². The molecule has 0 saturated carbocycles. The Balaban J connectivity index is 2.53. The Morgan fingerprint density at radius 3 is 2.54 bits per heavy atom. The van der Waals surface area contributed by atoms with E-state index < -0.39 is 0 Å². The van der Waals surface area contributed by atoms with Crippen LogP contribution in [-0.2, 0) is 0 Å². The van der Waals surface area contributed by atoms with Gasteiger partial charge in [-0.1, -0.05) is 5.16 Å². The molecule has 0 fully saturated rings. The molecular formula is C9H9N3O. The molecule has 4 nitrogen and oxygen atoms in total. The van der Waals surface area contributed by atoms with Crippen LogP contribution in [0.2, 0.25) is 0 Å². The molecule has 0 saturated heterocycles. The van der Waals surface area contributed by atoms with Crippen molar-refractivity contribution in [3.05, 3.63) is 30.1 Å². The standard InChI is InChI=1S/C9H9N3O/c1-6-8(12-13-9(6)10)7-2-4-11-5-3-7/h2-5H,10H2,1H3. The highest BCUT2D eigenvalue weighted by atomic mass is 16.5. The van der Waals surface area contributed by atoms with Gasteiger partial charge in [-0.3, -0.25) is 4.98 Å². The van der Waals surface area contributed by atoms with E-state index in [9.17, 15) is 0 Å². The summed E-state index contributed by atoms with van der Waals surface area (Å²) in [6.45, 7) is 1.88. The third-order valence-corrected chi connectivity index (χ3v) is 1.91. The lowest BCUT2D eigenvalue weighted by Crippen LogP contribution is -1.85. The zero-order valence-corrected chi connectivity index (χ0v) is 7.19. The average molecular weight is 175 g/mol. The van der Waals surface area contributed by atoms with E-state index in [4.69, 9.17) is 10.3 Å². The Morgan fingerprint density at radius 2 is 2.00 bits per heavy atom. The average Bonchev–Trinajstić information content (AvgIpc) is 2.49. The van der Waals surface area contributed by atoms with E-state index in [1.165, 1.54) is 0 Å². The normalized spacial score (nSPS) is 10.2. The number of nitrogens with zero attached hydrogens (tertiary/aromatic N) is 2. The molecule has 0 aromatic carbocycles. The molecule has 0 spiro atoms. The number of hydrogen-bond donors (Lipinski definition) is 1. The maximum Gasteiger partial charge on any atom is 0.225 e. The SMILES string of the molecule is Cc1c(-c2ccncc2)noc1N. The molecule has 0 aliphatic heterocycles. The van der Waals surface area contributed by atoms with Crippen molar-refractivity contribution in [2.24, 2.45) is 0 Å². The number of hydrogen-bond acceptors (Lipinski definition) is 4. The minimum absolute atomic E-state index is 0.367. The number of nitrogen functional groups attached to an aromatic ring is 1. The highest BCUT2D eigenvalue weighted by Gasteiger charge is 2.09. The third-order valence-electron chi connectivity index (χ3n) is 1.91. The zero-order chi connectivity index (χ0) is 9.26. The number of anilines is 1. The highest BCUT2D eigenvalue weighted by Crippen LogP contribution is 2.24. The van der Waals surface area contributed by atoms with Crippen molar-refractivity contribution in [1.29, 1.82) is 0 Å². The van der Waals surface area contributed by atoms with Crippen molar-refractivity contribution >= 4 is 5.88 Å². The van der Waals surface area contributed by atoms with Gasteiger partial charge < -0.3 is 10.3 Å². The molecule has 2 rings (SSSR count). The summed E-state index contributed by atoms with van der Waals surface area (Å²) in [7, 11) is 0. The summed E-state index contributed by atoms with van der Waals surface area (Å²) < 4.78 is 4.86. The van der Waals surface area contributed by atoms with Crippen LogP contribution in [-0.4, -0.2) is 10.1 Å². The molecular weight excluding hydrogens is 166 g/mol. The van der Waals surface area contributed by atoms with Crippen LogP contribution < -0.4 is 5.73 Å². The Morgan fingerprint density at radius 1 is 1.31 bits per heavy atom. The van der Waals surface area contributed by atoms with Crippen molar-refractivity contribution in [1.82, 2.24) is 10.1 Å². The summed E-state index contributed by atoms with van der Waals surface area (Å²) >= 11 is 0. The van der Waals surface area contributed by atoms with Crippen molar-refractivity contribution in [2.75, 3.05) is 5.73 Å². The van der Waals surface area contributed by atoms with Crippen LogP contribution in [0.4, 0.5) is 5.88 Å². The monoisotopic (exact) mass is 175 g/mol. The number of pyridine rings is 1. The predicted molar refractivity (Wildman–Crippen MR) is 48.9 cm³/mol. The van der Waals surface area contributed by atoms with E-state index in [1.807, 2.05) is 19.1 Å². The van der Waals surface area contributed by atoms with Gasteiger partial charge in [-0.2, -0.15) is 0 Å². The van der Waals surface area contributed by atoms with E-state index in [2.05, 4.69) is 10.1 Å². The van der Waals surface area contributed by atoms with E-state index in [0.717, 1.165) is 16.8 Å². The summed E-state index contributed by atoms with van der Waals surface area (Å²) in [5.74, 6) is 0.367. The van der Waals surface area contributed by atoms with Crippen LogP contribution in [0.5, 0.6) is 0 Å². The first-order chi connectivity index (χ1) is 6.29. The minimum Gasteiger partial charge on any atom is -0.367 e. The predicted octanol–water partition coefficient (Wildman–Crippen LogP) is 1.63. The van der Waals surface area contributed by atoms with Gasteiger partial charge in [0, 0.05) is 23.5 Å². The second-order valence-electron chi connectivity index (χ2n) is 2.76. The lowest BCUT2D eigenvalue weighted by molar-refractivity contribution is 0.439. The van der Waals surface area contributed by atoms with Crippen molar-refractivity contribution in [3.8, 4) is 11.3 Å².